The molecule has 25 heavy (non-hydrogen) atoms. The Hall–Kier alpha value is -0.810. The molecule has 1 aromatic rings. The number of amides is 1. The highest BCUT2D eigenvalue weighted by molar-refractivity contribution is 5.85. The van der Waals surface area contributed by atoms with Crippen molar-refractivity contribution in [2.45, 2.75) is 25.7 Å². The van der Waals surface area contributed by atoms with E-state index >= 15 is 0 Å². The lowest BCUT2D eigenvalue weighted by atomic mass is 10.1. The number of carbonyl (C=O) groups is 1. The Morgan fingerprint density at radius 1 is 1.04 bits per heavy atom. The summed E-state index contributed by atoms with van der Waals surface area (Å²) in [6.45, 7) is 5.70. The van der Waals surface area contributed by atoms with Crippen LogP contribution in [0.4, 0.5) is 0 Å². The van der Waals surface area contributed by atoms with Gasteiger partial charge in [-0.2, -0.15) is 0 Å². The fourth-order valence-electron chi connectivity index (χ4n) is 3.25. The molecule has 6 heteroatoms. The fraction of sp³-hybridized carbons (Fsp3) is 0.632. The van der Waals surface area contributed by atoms with Crippen molar-refractivity contribution in [2.24, 2.45) is 11.8 Å². The molecule has 1 amide bonds. The Labute approximate surface area is 163 Å². The summed E-state index contributed by atoms with van der Waals surface area (Å²) in [5.74, 6) is 1.59. The molecular weight excluding hydrogens is 357 g/mol. The molecule has 1 unspecified atom stereocenters. The number of hydrogen-bond acceptors (Lipinski definition) is 3. The van der Waals surface area contributed by atoms with Gasteiger partial charge in [-0.3, -0.25) is 4.79 Å². The molecule has 2 N–H and O–H groups in total. The Bertz CT molecular complexity index is 497. The molecule has 1 saturated carbocycles. The van der Waals surface area contributed by atoms with Gasteiger partial charge in [0.2, 0.25) is 5.91 Å². The summed E-state index contributed by atoms with van der Waals surface area (Å²) < 4.78 is 0. The van der Waals surface area contributed by atoms with Gasteiger partial charge in [-0.15, -0.1) is 24.8 Å². The number of rotatable bonds is 9. The molecule has 1 saturated heterocycles. The average Bonchev–Trinajstić information content (AvgIpc) is 3.29. The number of likely N-dealkylation sites (tertiary alicyclic amines) is 1. The molecule has 0 radical (unpaired) electrons. The fourth-order valence-corrected chi connectivity index (χ4v) is 3.25. The summed E-state index contributed by atoms with van der Waals surface area (Å²) in [6, 6.07) is 10.7. The molecule has 0 aromatic heterocycles. The summed E-state index contributed by atoms with van der Waals surface area (Å²) in [7, 11) is 0. The SMILES string of the molecule is Cl.Cl.O=C(CNCC1CC1)NCC1CCN(CCc2ccccc2)C1. The molecule has 3 rings (SSSR count). The molecule has 1 aromatic carbocycles. The number of nitrogens with zero attached hydrogens (tertiary/aromatic N) is 1. The van der Waals surface area contributed by atoms with Crippen LogP contribution in [0.25, 0.3) is 0 Å². The molecule has 1 heterocycles. The molecule has 0 spiro atoms. The number of halogens is 2. The van der Waals surface area contributed by atoms with Crippen molar-refractivity contribution in [1.82, 2.24) is 15.5 Å². The van der Waals surface area contributed by atoms with Gasteiger partial charge in [0.15, 0.2) is 0 Å². The van der Waals surface area contributed by atoms with Crippen LogP contribution >= 0.6 is 24.8 Å². The normalized spacial score (nSPS) is 19.8. The average molecular weight is 388 g/mol. The first kappa shape index (κ1) is 22.2. The molecule has 2 fully saturated rings. The zero-order chi connectivity index (χ0) is 15.9. The van der Waals surface area contributed by atoms with E-state index < -0.39 is 0 Å². The van der Waals surface area contributed by atoms with Crippen molar-refractivity contribution in [3.8, 4) is 0 Å². The van der Waals surface area contributed by atoms with E-state index in [0.717, 1.165) is 45.1 Å². The van der Waals surface area contributed by atoms with Crippen LogP contribution in [-0.4, -0.2) is 50.1 Å². The van der Waals surface area contributed by atoms with E-state index in [1.807, 2.05) is 0 Å². The van der Waals surface area contributed by atoms with E-state index in [1.54, 1.807) is 0 Å². The maximum absolute atomic E-state index is 11.8. The second-order valence-corrected chi connectivity index (χ2v) is 7.07. The predicted octanol–water partition coefficient (Wildman–Crippen LogP) is 2.51. The van der Waals surface area contributed by atoms with Crippen LogP contribution in [0.3, 0.4) is 0 Å². The van der Waals surface area contributed by atoms with Gasteiger partial charge in [0.05, 0.1) is 6.54 Å². The third-order valence-electron chi connectivity index (χ3n) is 4.93. The van der Waals surface area contributed by atoms with Crippen LogP contribution in [0.1, 0.15) is 24.8 Å². The first-order valence-electron chi connectivity index (χ1n) is 9.03. The van der Waals surface area contributed by atoms with Crippen LogP contribution in [0.15, 0.2) is 30.3 Å². The lowest BCUT2D eigenvalue weighted by Gasteiger charge is -2.16. The highest BCUT2D eigenvalue weighted by Gasteiger charge is 2.23. The van der Waals surface area contributed by atoms with Crippen molar-refractivity contribution in [1.29, 1.82) is 0 Å². The number of nitrogens with one attached hydrogen (secondary N) is 2. The van der Waals surface area contributed by atoms with Gasteiger partial charge in [0.1, 0.15) is 0 Å². The van der Waals surface area contributed by atoms with E-state index in [9.17, 15) is 4.79 Å². The Morgan fingerprint density at radius 3 is 2.52 bits per heavy atom. The zero-order valence-corrected chi connectivity index (χ0v) is 16.4. The summed E-state index contributed by atoms with van der Waals surface area (Å²) in [4.78, 5) is 14.3. The highest BCUT2D eigenvalue weighted by atomic mass is 35.5. The van der Waals surface area contributed by atoms with Crippen molar-refractivity contribution in [3.63, 3.8) is 0 Å². The molecule has 142 valence electrons. The van der Waals surface area contributed by atoms with Gasteiger partial charge in [-0.25, -0.2) is 0 Å². The smallest absolute Gasteiger partial charge is 0.233 e. The molecule has 1 aliphatic carbocycles. The number of hydrogen-bond donors (Lipinski definition) is 2. The highest BCUT2D eigenvalue weighted by Crippen LogP contribution is 2.27. The second-order valence-electron chi connectivity index (χ2n) is 7.07. The maximum atomic E-state index is 11.8. The lowest BCUT2D eigenvalue weighted by Crippen LogP contribution is -2.37. The van der Waals surface area contributed by atoms with E-state index in [1.165, 1.54) is 24.8 Å². The zero-order valence-electron chi connectivity index (χ0n) is 14.8. The van der Waals surface area contributed by atoms with Gasteiger partial charge in [0.25, 0.3) is 0 Å². The minimum Gasteiger partial charge on any atom is -0.355 e. The van der Waals surface area contributed by atoms with E-state index in [0.29, 0.717) is 12.5 Å². The van der Waals surface area contributed by atoms with Crippen molar-refractivity contribution >= 4 is 30.7 Å². The first-order valence-corrected chi connectivity index (χ1v) is 9.03. The van der Waals surface area contributed by atoms with Crippen molar-refractivity contribution in [2.75, 3.05) is 39.3 Å². The molecular formula is C19H31Cl2N3O. The van der Waals surface area contributed by atoms with Crippen LogP contribution in [0.2, 0.25) is 0 Å². The maximum Gasteiger partial charge on any atom is 0.233 e. The second kappa shape index (κ2) is 11.7. The Kier molecular flexibility index (Phi) is 10.4. The Morgan fingerprint density at radius 2 is 1.80 bits per heavy atom. The van der Waals surface area contributed by atoms with Gasteiger partial charge in [-0.1, -0.05) is 30.3 Å². The van der Waals surface area contributed by atoms with Crippen molar-refractivity contribution in [3.05, 3.63) is 35.9 Å². The summed E-state index contributed by atoms with van der Waals surface area (Å²) in [5, 5.41) is 6.33. The lowest BCUT2D eigenvalue weighted by molar-refractivity contribution is -0.120. The van der Waals surface area contributed by atoms with Crippen LogP contribution in [-0.2, 0) is 11.2 Å². The molecule has 1 atom stereocenters. The van der Waals surface area contributed by atoms with Crippen LogP contribution in [0.5, 0.6) is 0 Å². The van der Waals surface area contributed by atoms with Crippen molar-refractivity contribution < 1.29 is 4.79 Å². The summed E-state index contributed by atoms with van der Waals surface area (Å²) in [5.41, 5.74) is 1.41. The predicted molar refractivity (Wildman–Crippen MR) is 108 cm³/mol. The molecule has 1 aliphatic heterocycles. The van der Waals surface area contributed by atoms with Gasteiger partial charge < -0.3 is 15.5 Å². The number of carbonyl (C=O) groups excluding carboxylic acids is 1. The minimum absolute atomic E-state index is 0. The first-order chi connectivity index (χ1) is 11.3. The topological polar surface area (TPSA) is 44.4 Å². The third kappa shape index (κ3) is 8.41. The van der Waals surface area contributed by atoms with Crippen LogP contribution in [0, 0.1) is 11.8 Å². The molecule has 4 nitrogen and oxygen atoms in total. The largest absolute Gasteiger partial charge is 0.355 e. The quantitative estimate of drug-likeness (QED) is 0.683. The van der Waals surface area contributed by atoms with E-state index in [-0.39, 0.29) is 30.7 Å². The van der Waals surface area contributed by atoms with E-state index in [4.69, 9.17) is 0 Å². The molecule has 0 bridgehead atoms. The molecule has 2 aliphatic rings. The third-order valence-corrected chi connectivity index (χ3v) is 4.93. The van der Waals surface area contributed by atoms with E-state index in [2.05, 4.69) is 45.9 Å². The van der Waals surface area contributed by atoms with Gasteiger partial charge in [0, 0.05) is 19.6 Å². The minimum atomic E-state index is 0. The Balaban J connectivity index is 0.00000156. The van der Waals surface area contributed by atoms with Gasteiger partial charge in [-0.05, 0) is 56.2 Å². The standard InChI is InChI=1S/C19H29N3O.2ClH/c23-19(14-20-12-17-6-7-17)21-13-18-9-11-22(15-18)10-8-16-4-2-1-3-5-16;;/h1-5,17-18,20H,6-15H2,(H,21,23);2*1H. The van der Waals surface area contributed by atoms with Crippen LogP contribution < -0.4 is 10.6 Å². The summed E-state index contributed by atoms with van der Waals surface area (Å²) in [6.07, 6.45) is 4.97. The summed E-state index contributed by atoms with van der Waals surface area (Å²) >= 11 is 0. The van der Waals surface area contributed by atoms with Gasteiger partial charge >= 0.3 is 0 Å². The monoisotopic (exact) mass is 387 g/mol. The number of benzene rings is 1.